The molecule has 0 radical (unpaired) electrons. The molecule has 0 aliphatic heterocycles. The van der Waals surface area contributed by atoms with Gasteiger partial charge in [0, 0.05) is 18.3 Å². The lowest BCUT2D eigenvalue weighted by atomic mass is 10.1. The zero-order valence-corrected chi connectivity index (χ0v) is 9.16. The SMILES string of the molecule is CCn1cc(C(NCC(F)(F)F)C(N)=O)cn1. The molecule has 1 amide bonds. The van der Waals surface area contributed by atoms with E-state index < -0.39 is 24.7 Å². The van der Waals surface area contributed by atoms with E-state index in [9.17, 15) is 18.0 Å². The van der Waals surface area contributed by atoms with Crippen molar-refractivity contribution >= 4 is 5.91 Å². The van der Waals surface area contributed by atoms with Crippen LogP contribution < -0.4 is 11.1 Å². The van der Waals surface area contributed by atoms with Gasteiger partial charge in [0.1, 0.15) is 6.04 Å². The summed E-state index contributed by atoms with van der Waals surface area (Å²) >= 11 is 0. The molecule has 1 aromatic rings. The van der Waals surface area contributed by atoms with Crippen LogP contribution in [0, 0.1) is 0 Å². The summed E-state index contributed by atoms with van der Waals surface area (Å²) in [5, 5.41) is 5.93. The van der Waals surface area contributed by atoms with Crippen LogP contribution in [-0.4, -0.2) is 28.4 Å². The van der Waals surface area contributed by atoms with Crippen molar-refractivity contribution in [2.24, 2.45) is 5.73 Å². The first-order valence-electron chi connectivity index (χ1n) is 4.95. The number of aromatic nitrogens is 2. The van der Waals surface area contributed by atoms with Gasteiger partial charge in [-0.25, -0.2) is 0 Å². The van der Waals surface area contributed by atoms with E-state index in [1.807, 2.05) is 6.92 Å². The first-order chi connectivity index (χ1) is 7.83. The van der Waals surface area contributed by atoms with Crippen LogP contribution in [0.5, 0.6) is 0 Å². The van der Waals surface area contributed by atoms with Crippen LogP contribution in [-0.2, 0) is 11.3 Å². The molecule has 1 aromatic heterocycles. The third-order valence-corrected chi connectivity index (χ3v) is 2.10. The van der Waals surface area contributed by atoms with Crippen molar-refractivity contribution in [3.8, 4) is 0 Å². The Balaban J connectivity index is 2.75. The summed E-state index contributed by atoms with van der Waals surface area (Å²) in [7, 11) is 0. The van der Waals surface area contributed by atoms with Crippen LogP contribution in [0.25, 0.3) is 0 Å². The van der Waals surface area contributed by atoms with Crippen LogP contribution in [0.3, 0.4) is 0 Å². The second-order valence-corrected chi connectivity index (χ2v) is 3.46. The highest BCUT2D eigenvalue weighted by Crippen LogP contribution is 2.17. The molecule has 0 aromatic carbocycles. The molecule has 0 aliphatic carbocycles. The standard InChI is InChI=1S/C9H13F3N4O/c1-2-16-4-6(3-15-16)7(8(13)17)14-5-9(10,11)12/h3-4,7,14H,2,5H2,1H3,(H2,13,17). The number of halogens is 3. The number of hydrogen-bond acceptors (Lipinski definition) is 3. The normalized spacial score (nSPS) is 13.6. The number of alkyl halides is 3. The van der Waals surface area contributed by atoms with E-state index in [-0.39, 0.29) is 0 Å². The molecule has 0 aliphatic rings. The van der Waals surface area contributed by atoms with Crippen molar-refractivity contribution in [1.29, 1.82) is 0 Å². The lowest BCUT2D eigenvalue weighted by Gasteiger charge is -2.15. The Morgan fingerprint density at radius 2 is 2.29 bits per heavy atom. The number of nitrogens with two attached hydrogens (primary N) is 1. The van der Waals surface area contributed by atoms with Crippen molar-refractivity contribution in [2.45, 2.75) is 25.7 Å². The topological polar surface area (TPSA) is 72.9 Å². The van der Waals surface area contributed by atoms with Gasteiger partial charge in [0.15, 0.2) is 0 Å². The highest BCUT2D eigenvalue weighted by molar-refractivity contribution is 5.81. The lowest BCUT2D eigenvalue weighted by molar-refractivity contribution is -0.130. The van der Waals surface area contributed by atoms with Gasteiger partial charge in [0.05, 0.1) is 12.7 Å². The number of amides is 1. The molecule has 1 unspecified atom stereocenters. The summed E-state index contributed by atoms with van der Waals surface area (Å²) in [4.78, 5) is 11.1. The second kappa shape index (κ2) is 5.17. The fourth-order valence-corrected chi connectivity index (χ4v) is 1.30. The van der Waals surface area contributed by atoms with E-state index >= 15 is 0 Å². The van der Waals surface area contributed by atoms with Gasteiger partial charge in [0.25, 0.3) is 0 Å². The molecule has 17 heavy (non-hydrogen) atoms. The lowest BCUT2D eigenvalue weighted by Crippen LogP contribution is -2.38. The van der Waals surface area contributed by atoms with Gasteiger partial charge in [0.2, 0.25) is 5.91 Å². The Bertz CT molecular complexity index is 388. The van der Waals surface area contributed by atoms with Gasteiger partial charge >= 0.3 is 6.18 Å². The van der Waals surface area contributed by atoms with Crippen LogP contribution in [0.1, 0.15) is 18.5 Å². The highest BCUT2D eigenvalue weighted by atomic mass is 19.4. The molecular formula is C9H13F3N4O. The quantitative estimate of drug-likeness (QED) is 0.803. The molecule has 8 heteroatoms. The third-order valence-electron chi connectivity index (χ3n) is 2.10. The summed E-state index contributed by atoms with van der Waals surface area (Å²) in [5.74, 6) is -0.870. The average Bonchev–Trinajstić information content (AvgIpc) is 2.64. The molecule has 0 saturated carbocycles. The van der Waals surface area contributed by atoms with Gasteiger partial charge in [-0.3, -0.25) is 14.8 Å². The van der Waals surface area contributed by atoms with Crippen molar-refractivity contribution < 1.29 is 18.0 Å². The third kappa shape index (κ3) is 4.06. The van der Waals surface area contributed by atoms with E-state index in [2.05, 4.69) is 10.4 Å². The predicted molar refractivity (Wildman–Crippen MR) is 53.9 cm³/mol. The van der Waals surface area contributed by atoms with E-state index in [1.165, 1.54) is 17.1 Å². The predicted octanol–water partition coefficient (Wildman–Crippen LogP) is 0.581. The molecule has 96 valence electrons. The maximum atomic E-state index is 12.0. The Morgan fingerprint density at radius 3 is 2.71 bits per heavy atom. The van der Waals surface area contributed by atoms with Crippen LogP contribution in [0.15, 0.2) is 12.4 Å². The zero-order chi connectivity index (χ0) is 13.1. The molecule has 5 nitrogen and oxygen atoms in total. The van der Waals surface area contributed by atoms with Crippen LogP contribution in [0.4, 0.5) is 13.2 Å². The maximum absolute atomic E-state index is 12.0. The minimum absolute atomic E-state index is 0.323. The molecule has 1 atom stereocenters. The Hall–Kier alpha value is -1.57. The van der Waals surface area contributed by atoms with Gasteiger partial charge in [-0.2, -0.15) is 18.3 Å². The largest absolute Gasteiger partial charge is 0.401 e. The molecule has 0 saturated heterocycles. The molecule has 0 bridgehead atoms. The fourth-order valence-electron chi connectivity index (χ4n) is 1.30. The Labute approximate surface area is 95.8 Å². The monoisotopic (exact) mass is 250 g/mol. The van der Waals surface area contributed by atoms with Gasteiger partial charge in [-0.15, -0.1) is 0 Å². The number of hydrogen-bond donors (Lipinski definition) is 2. The summed E-state index contributed by atoms with van der Waals surface area (Å²) in [6.07, 6.45) is -1.59. The summed E-state index contributed by atoms with van der Waals surface area (Å²) in [5.41, 5.74) is 5.37. The first-order valence-corrected chi connectivity index (χ1v) is 4.95. The van der Waals surface area contributed by atoms with E-state index in [0.29, 0.717) is 12.1 Å². The van der Waals surface area contributed by atoms with E-state index in [0.717, 1.165) is 0 Å². The van der Waals surface area contributed by atoms with Gasteiger partial charge in [-0.1, -0.05) is 0 Å². The van der Waals surface area contributed by atoms with Crippen molar-refractivity contribution in [3.63, 3.8) is 0 Å². The molecule has 3 N–H and O–H groups in total. The number of nitrogens with one attached hydrogen (secondary N) is 1. The average molecular weight is 250 g/mol. The molecule has 0 spiro atoms. The smallest absolute Gasteiger partial charge is 0.368 e. The number of nitrogens with zero attached hydrogens (tertiary/aromatic N) is 2. The minimum Gasteiger partial charge on any atom is -0.368 e. The molecular weight excluding hydrogens is 237 g/mol. The number of aryl methyl sites for hydroxylation is 1. The summed E-state index contributed by atoms with van der Waals surface area (Å²) in [6.45, 7) is 1.10. The summed E-state index contributed by atoms with van der Waals surface area (Å²) in [6, 6.07) is -1.18. The minimum atomic E-state index is -4.39. The number of primary amides is 1. The fraction of sp³-hybridized carbons (Fsp3) is 0.556. The summed E-state index contributed by atoms with van der Waals surface area (Å²) < 4.78 is 37.6. The zero-order valence-electron chi connectivity index (χ0n) is 9.16. The van der Waals surface area contributed by atoms with Crippen molar-refractivity contribution in [3.05, 3.63) is 18.0 Å². The van der Waals surface area contributed by atoms with Gasteiger partial charge < -0.3 is 5.73 Å². The van der Waals surface area contributed by atoms with Crippen molar-refractivity contribution in [1.82, 2.24) is 15.1 Å². The van der Waals surface area contributed by atoms with Crippen LogP contribution in [0.2, 0.25) is 0 Å². The number of rotatable bonds is 5. The maximum Gasteiger partial charge on any atom is 0.401 e. The van der Waals surface area contributed by atoms with Gasteiger partial charge in [-0.05, 0) is 6.92 Å². The van der Waals surface area contributed by atoms with Crippen molar-refractivity contribution in [2.75, 3.05) is 6.54 Å². The first kappa shape index (κ1) is 13.5. The molecule has 1 rings (SSSR count). The van der Waals surface area contributed by atoms with E-state index in [1.54, 1.807) is 0 Å². The molecule has 1 heterocycles. The number of carbonyl (C=O) groups is 1. The molecule has 0 fully saturated rings. The Morgan fingerprint density at radius 1 is 1.65 bits per heavy atom. The van der Waals surface area contributed by atoms with Crippen LogP contribution >= 0.6 is 0 Å². The number of carbonyl (C=O) groups excluding carboxylic acids is 1. The highest BCUT2D eigenvalue weighted by Gasteiger charge is 2.30. The Kier molecular flexibility index (Phi) is 4.11. The second-order valence-electron chi connectivity index (χ2n) is 3.46. The van der Waals surface area contributed by atoms with E-state index in [4.69, 9.17) is 5.73 Å².